The Morgan fingerprint density at radius 2 is 1.93 bits per heavy atom. The van der Waals surface area contributed by atoms with Crippen molar-refractivity contribution >= 4 is 5.69 Å². The Bertz CT molecular complexity index is 445. The zero-order valence-corrected chi connectivity index (χ0v) is 7.75. The molecule has 4 N–H and O–H groups in total. The summed E-state index contributed by atoms with van der Waals surface area (Å²) in [6.45, 7) is 0. The van der Waals surface area contributed by atoms with Crippen molar-refractivity contribution in [3.8, 4) is 12.1 Å². The molecule has 0 radical (unpaired) electrons. The smallest absolute Gasteiger partial charge is 0.170 e. The van der Waals surface area contributed by atoms with E-state index >= 15 is 0 Å². The highest BCUT2D eigenvalue weighted by atomic mass is 16.3. The Morgan fingerprint density at radius 3 is 2.40 bits per heavy atom. The van der Waals surface area contributed by atoms with Gasteiger partial charge in [-0.25, -0.2) is 0 Å². The number of rotatable bonds is 2. The lowest BCUT2D eigenvalue weighted by Crippen LogP contribution is -2.16. The maximum Gasteiger partial charge on any atom is 0.170 e. The number of hydrogen-bond donors (Lipinski definition) is 3. The van der Waals surface area contributed by atoms with E-state index in [1.165, 1.54) is 24.3 Å². The predicted molar refractivity (Wildman–Crippen MR) is 52.1 cm³/mol. The van der Waals surface area contributed by atoms with Gasteiger partial charge in [-0.05, 0) is 17.7 Å². The SMILES string of the molecule is N#Cc1ccc(C(O)C(O)C#N)cc1N. The summed E-state index contributed by atoms with van der Waals surface area (Å²) < 4.78 is 0. The molecule has 0 bridgehead atoms. The summed E-state index contributed by atoms with van der Waals surface area (Å²) in [5.74, 6) is 0. The molecule has 0 amide bonds. The molecule has 0 saturated carbocycles. The van der Waals surface area contributed by atoms with Gasteiger partial charge in [0.15, 0.2) is 6.10 Å². The van der Waals surface area contributed by atoms with E-state index in [1.54, 1.807) is 0 Å². The fourth-order valence-electron chi connectivity index (χ4n) is 1.12. The van der Waals surface area contributed by atoms with Crippen LogP contribution in [0.5, 0.6) is 0 Å². The van der Waals surface area contributed by atoms with Gasteiger partial charge in [0.25, 0.3) is 0 Å². The number of aliphatic hydroxyl groups is 2. The van der Waals surface area contributed by atoms with Crippen LogP contribution in [0.4, 0.5) is 5.69 Å². The largest absolute Gasteiger partial charge is 0.398 e. The van der Waals surface area contributed by atoms with E-state index in [0.717, 1.165) is 0 Å². The van der Waals surface area contributed by atoms with Gasteiger partial charge in [-0.15, -0.1) is 0 Å². The quantitative estimate of drug-likeness (QED) is 0.464. The van der Waals surface area contributed by atoms with Gasteiger partial charge >= 0.3 is 0 Å². The van der Waals surface area contributed by atoms with E-state index in [0.29, 0.717) is 5.56 Å². The van der Waals surface area contributed by atoms with Gasteiger partial charge < -0.3 is 15.9 Å². The van der Waals surface area contributed by atoms with Crippen molar-refractivity contribution < 1.29 is 10.2 Å². The minimum absolute atomic E-state index is 0.208. The number of hydrogen-bond acceptors (Lipinski definition) is 5. The van der Waals surface area contributed by atoms with E-state index in [2.05, 4.69) is 0 Å². The number of nitrogens with zero attached hydrogens (tertiary/aromatic N) is 2. The molecule has 0 aromatic heterocycles. The first-order valence-corrected chi connectivity index (χ1v) is 4.15. The molecule has 0 saturated heterocycles. The van der Waals surface area contributed by atoms with Gasteiger partial charge in [-0.2, -0.15) is 10.5 Å². The highest BCUT2D eigenvalue weighted by molar-refractivity contribution is 5.55. The molecule has 0 heterocycles. The van der Waals surface area contributed by atoms with Gasteiger partial charge in [0.05, 0.1) is 11.6 Å². The molecule has 1 rings (SSSR count). The molecular weight excluding hydrogens is 194 g/mol. The molecule has 1 aromatic rings. The van der Waals surface area contributed by atoms with Crippen molar-refractivity contribution in [1.29, 1.82) is 10.5 Å². The molecule has 0 aliphatic heterocycles. The normalized spacial score (nSPS) is 13.6. The topological polar surface area (TPSA) is 114 Å². The first kappa shape index (κ1) is 11.0. The molecule has 5 nitrogen and oxygen atoms in total. The first-order chi connectivity index (χ1) is 7.10. The first-order valence-electron chi connectivity index (χ1n) is 4.15. The second-order valence-corrected chi connectivity index (χ2v) is 2.98. The molecule has 2 unspecified atom stereocenters. The highest BCUT2D eigenvalue weighted by Crippen LogP contribution is 2.21. The van der Waals surface area contributed by atoms with Crippen molar-refractivity contribution in [3.63, 3.8) is 0 Å². The summed E-state index contributed by atoms with van der Waals surface area (Å²) in [7, 11) is 0. The van der Waals surface area contributed by atoms with Crippen LogP contribution in [0.2, 0.25) is 0 Å². The summed E-state index contributed by atoms with van der Waals surface area (Å²) >= 11 is 0. The monoisotopic (exact) mass is 203 g/mol. The lowest BCUT2D eigenvalue weighted by Gasteiger charge is -2.12. The minimum Gasteiger partial charge on any atom is -0.398 e. The van der Waals surface area contributed by atoms with Crippen LogP contribution in [0.25, 0.3) is 0 Å². The predicted octanol–water partition coefficient (Wildman–Crippen LogP) is 0.0584. The Labute approximate surface area is 86.6 Å². The highest BCUT2D eigenvalue weighted by Gasteiger charge is 2.18. The minimum atomic E-state index is -1.50. The molecule has 0 aliphatic rings. The van der Waals surface area contributed by atoms with Crippen LogP contribution in [-0.4, -0.2) is 16.3 Å². The Balaban J connectivity index is 3.05. The summed E-state index contributed by atoms with van der Waals surface area (Å²) in [4.78, 5) is 0. The third-order valence-corrected chi connectivity index (χ3v) is 1.97. The van der Waals surface area contributed by atoms with Crippen LogP contribution >= 0.6 is 0 Å². The summed E-state index contributed by atoms with van der Waals surface area (Å²) in [6.07, 6.45) is -2.82. The molecular formula is C10H9N3O2. The second kappa shape index (κ2) is 4.43. The van der Waals surface area contributed by atoms with Gasteiger partial charge in [0.2, 0.25) is 0 Å². The lowest BCUT2D eigenvalue weighted by atomic mass is 10.0. The molecule has 76 valence electrons. The van der Waals surface area contributed by atoms with Crippen LogP contribution in [0.1, 0.15) is 17.2 Å². The average Bonchev–Trinajstić information content (AvgIpc) is 2.26. The Hall–Kier alpha value is -2.08. The molecule has 2 atom stereocenters. The number of nitrogens with two attached hydrogens (primary N) is 1. The standard InChI is InChI=1S/C10H9N3O2/c11-4-7-2-1-6(3-8(7)13)10(15)9(14)5-12/h1-3,9-10,14-15H,13H2. The zero-order chi connectivity index (χ0) is 11.4. The second-order valence-electron chi connectivity index (χ2n) is 2.98. The van der Waals surface area contributed by atoms with Gasteiger partial charge in [-0.1, -0.05) is 6.07 Å². The summed E-state index contributed by atoms with van der Waals surface area (Å²) in [5, 5.41) is 35.5. The summed E-state index contributed by atoms with van der Waals surface area (Å²) in [6, 6.07) is 7.62. The van der Waals surface area contributed by atoms with Crippen LogP contribution < -0.4 is 5.73 Å². The lowest BCUT2D eigenvalue weighted by molar-refractivity contribution is 0.0528. The average molecular weight is 203 g/mol. The number of benzene rings is 1. The van der Waals surface area contributed by atoms with E-state index in [1.807, 2.05) is 6.07 Å². The van der Waals surface area contributed by atoms with Crippen LogP contribution in [-0.2, 0) is 0 Å². The maximum absolute atomic E-state index is 9.47. The molecule has 15 heavy (non-hydrogen) atoms. The number of nitrogen functional groups attached to an aromatic ring is 1. The van der Waals surface area contributed by atoms with E-state index < -0.39 is 12.2 Å². The van der Waals surface area contributed by atoms with Gasteiger partial charge in [0, 0.05) is 5.69 Å². The molecule has 1 aromatic carbocycles. The van der Waals surface area contributed by atoms with Gasteiger partial charge in [0.1, 0.15) is 12.2 Å². The Kier molecular flexibility index (Phi) is 3.25. The number of aliphatic hydroxyl groups excluding tert-OH is 2. The fourth-order valence-corrected chi connectivity index (χ4v) is 1.12. The van der Waals surface area contributed by atoms with Crippen molar-refractivity contribution in [2.24, 2.45) is 0 Å². The van der Waals surface area contributed by atoms with E-state index in [9.17, 15) is 5.11 Å². The van der Waals surface area contributed by atoms with Crippen molar-refractivity contribution in [1.82, 2.24) is 0 Å². The molecule has 0 aliphatic carbocycles. The van der Waals surface area contributed by atoms with E-state index in [-0.39, 0.29) is 11.3 Å². The molecule has 5 heteroatoms. The third kappa shape index (κ3) is 2.23. The van der Waals surface area contributed by atoms with Crippen molar-refractivity contribution in [2.75, 3.05) is 5.73 Å². The summed E-state index contributed by atoms with van der Waals surface area (Å²) in [5.41, 5.74) is 6.32. The number of nitriles is 2. The van der Waals surface area contributed by atoms with Crippen LogP contribution in [0.3, 0.4) is 0 Å². The van der Waals surface area contributed by atoms with Gasteiger partial charge in [-0.3, -0.25) is 0 Å². The van der Waals surface area contributed by atoms with E-state index in [4.69, 9.17) is 21.4 Å². The zero-order valence-electron chi connectivity index (χ0n) is 7.75. The Morgan fingerprint density at radius 1 is 1.27 bits per heavy atom. The fraction of sp³-hybridized carbons (Fsp3) is 0.200. The van der Waals surface area contributed by atoms with Crippen molar-refractivity contribution in [2.45, 2.75) is 12.2 Å². The third-order valence-electron chi connectivity index (χ3n) is 1.97. The molecule has 0 fully saturated rings. The van der Waals surface area contributed by atoms with Crippen LogP contribution in [0.15, 0.2) is 18.2 Å². The number of anilines is 1. The van der Waals surface area contributed by atoms with Crippen molar-refractivity contribution in [3.05, 3.63) is 29.3 Å². The molecule has 0 spiro atoms. The maximum atomic E-state index is 9.47. The van der Waals surface area contributed by atoms with Crippen LogP contribution in [0, 0.1) is 22.7 Å².